The third kappa shape index (κ3) is 10.1. The highest BCUT2D eigenvalue weighted by Crippen LogP contribution is 2.59. The van der Waals surface area contributed by atoms with Gasteiger partial charge in [0.15, 0.2) is 21.4 Å². The number of furan rings is 1. The molecule has 19 aromatic carbocycles. The lowest BCUT2D eigenvalue weighted by Crippen LogP contribution is -2.20. The van der Waals surface area contributed by atoms with Gasteiger partial charge in [0.25, 0.3) is 0 Å². The van der Waals surface area contributed by atoms with Gasteiger partial charge in [-0.25, -0.2) is 0 Å². The molecule has 120 heavy (non-hydrogen) atoms. The fourth-order valence-corrected chi connectivity index (χ4v) is 29.2. The van der Waals surface area contributed by atoms with Crippen LogP contribution in [0.3, 0.4) is 0 Å². The number of rotatable bonds is 7. The first-order chi connectivity index (χ1) is 59.2. The van der Waals surface area contributed by atoms with E-state index in [1.54, 1.807) is 0 Å². The molecule has 3 aliphatic heterocycles. The van der Waals surface area contributed by atoms with E-state index >= 15 is 13.7 Å². The summed E-state index contributed by atoms with van der Waals surface area (Å²) >= 11 is 0. The number of benzene rings is 19. The molecule has 3 unspecified atom stereocenters. The van der Waals surface area contributed by atoms with E-state index in [1.807, 2.05) is 127 Å². The van der Waals surface area contributed by atoms with Crippen molar-refractivity contribution in [2.45, 2.75) is 0 Å². The van der Waals surface area contributed by atoms with Gasteiger partial charge in [0.05, 0.1) is 33.1 Å². The second-order valence-electron chi connectivity index (χ2n) is 31.4. The van der Waals surface area contributed by atoms with Gasteiger partial charge < -0.3 is 31.8 Å². The maximum Gasteiger partial charge on any atom is 0.172 e. The van der Waals surface area contributed by atoms with Gasteiger partial charge in [0.1, 0.15) is 11.2 Å². The second kappa shape index (κ2) is 27.1. The van der Waals surface area contributed by atoms with E-state index in [2.05, 4.69) is 311 Å². The lowest BCUT2D eigenvalue weighted by molar-refractivity contribution is 0.592. The minimum Gasteiger partial charge on any atom is -0.456 e. The van der Waals surface area contributed by atoms with Crippen molar-refractivity contribution in [3.8, 4) is 61.6 Å². The van der Waals surface area contributed by atoms with Crippen molar-refractivity contribution in [1.82, 2.24) is 13.7 Å². The number of fused-ring (bicyclic) bond motifs is 28. The molecule has 3 atom stereocenters. The van der Waals surface area contributed by atoms with E-state index in [1.165, 1.54) is 54.0 Å². The molecule has 0 aliphatic carbocycles. The molecule has 4 aromatic heterocycles. The van der Waals surface area contributed by atoms with E-state index in [4.69, 9.17) is 4.42 Å². The Kier molecular flexibility index (Phi) is 15.8. The predicted molar refractivity (Wildman–Crippen MR) is 505 cm³/mol. The molecule has 7 heterocycles. The van der Waals surface area contributed by atoms with Crippen molar-refractivity contribution >= 4 is 178 Å². The van der Waals surface area contributed by atoms with Crippen LogP contribution in [-0.4, -0.2) is 13.7 Å². The number of nitrogens with zero attached hydrogens (tertiary/aromatic N) is 3. The molecule has 0 radical (unpaired) electrons. The van der Waals surface area contributed by atoms with Gasteiger partial charge >= 0.3 is 0 Å². The van der Waals surface area contributed by atoms with E-state index in [9.17, 15) is 0 Å². The molecule has 564 valence electrons. The fourth-order valence-electron chi connectivity index (χ4n) is 20.0. The molecule has 23 aromatic rings. The summed E-state index contributed by atoms with van der Waals surface area (Å²) in [6.45, 7) is 0. The highest BCUT2D eigenvalue weighted by molar-refractivity contribution is 7.87. The molecule has 0 N–H and O–H groups in total. The van der Waals surface area contributed by atoms with Crippen LogP contribution in [0.5, 0.6) is 0 Å². The largest absolute Gasteiger partial charge is 0.456 e. The van der Waals surface area contributed by atoms with E-state index in [0.717, 1.165) is 164 Å². The van der Waals surface area contributed by atoms with Gasteiger partial charge in [-0.1, -0.05) is 340 Å². The van der Waals surface area contributed by atoms with Gasteiger partial charge in [0.2, 0.25) is 0 Å². The Bertz CT molecular complexity index is 8260. The zero-order valence-electron chi connectivity index (χ0n) is 64.7. The fraction of sp³-hybridized carbons (Fsp3) is 0. The lowest BCUT2D eigenvalue weighted by atomic mass is 10.00. The van der Waals surface area contributed by atoms with Crippen LogP contribution < -0.4 is 47.7 Å². The van der Waals surface area contributed by atoms with Crippen LogP contribution in [0.1, 0.15) is 0 Å². The molecule has 0 amide bonds. The summed E-state index contributed by atoms with van der Waals surface area (Å²) in [5, 5.41) is 22.5. The van der Waals surface area contributed by atoms with E-state index in [0.29, 0.717) is 0 Å². The first-order valence-corrected chi connectivity index (χ1v) is 45.8. The molecule has 3 aliphatic rings. The predicted octanol–water partition coefficient (Wildman–Crippen LogP) is 25.1. The highest BCUT2D eigenvalue weighted by Gasteiger charge is 2.45. The molecule has 10 heteroatoms. The maximum atomic E-state index is 15.3. The van der Waals surface area contributed by atoms with Crippen LogP contribution in [-0.2, 0) is 13.7 Å². The van der Waals surface area contributed by atoms with Crippen molar-refractivity contribution in [2.24, 2.45) is 0 Å². The summed E-state index contributed by atoms with van der Waals surface area (Å²) in [6.07, 6.45) is 0. The standard InChI is InChI=1S/C42H26NO2P.2C34H22NOP/c44-46(30-10-2-1-3-11-30)39-17-9-6-14-35(39)41-40(46)25-24-34-31-12-4-7-15-36(31)43(42(34)41)29-21-18-27(19-22-29)28-20-23-33-32-13-5-8-16-37(32)45-38(33)26-28;36-37(25-14-5-2-6-15-25)30-18-10-9-17-27(30)33-31(37)22-20-28-32-26-16-8-7-11-23(26)19-21-29(32)35(34(28)33)24-12-3-1-4-13-24;36-37(25-14-5-2-6-15-25)30-18-10-9-17-29(30)32-31(37)22-21-28-27-20-19-23-11-7-8-16-26(23)33(27)35(34(28)32)24-12-3-1-4-13-24/h1-26H;2*1-22H. The third-order valence-electron chi connectivity index (χ3n) is 25.2. The van der Waals surface area contributed by atoms with Crippen molar-refractivity contribution < 1.29 is 18.1 Å². The number of para-hydroxylation sites is 4. The summed E-state index contributed by atoms with van der Waals surface area (Å²) in [4.78, 5) is 0. The Morgan fingerprint density at radius 1 is 0.208 bits per heavy atom. The zero-order valence-corrected chi connectivity index (χ0v) is 67.4. The first kappa shape index (κ1) is 69.9. The summed E-state index contributed by atoms with van der Waals surface area (Å²) in [5.74, 6) is 0. The summed E-state index contributed by atoms with van der Waals surface area (Å²) in [5.41, 5.74) is 20.5. The van der Waals surface area contributed by atoms with Crippen molar-refractivity contribution in [1.29, 1.82) is 0 Å². The molecule has 0 saturated heterocycles. The monoisotopic (exact) mass is 1590 g/mol. The van der Waals surface area contributed by atoms with Gasteiger partial charge in [0, 0.05) is 130 Å². The van der Waals surface area contributed by atoms with Gasteiger partial charge in [-0.2, -0.15) is 0 Å². The topological polar surface area (TPSA) is 79.1 Å². The Labute approximate surface area is 691 Å². The van der Waals surface area contributed by atoms with Crippen LogP contribution in [0.4, 0.5) is 0 Å². The normalized spacial score (nSPS) is 16.0. The molecule has 26 rings (SSSR count). The average Bonchev–Trinajstić information content (AvgIpc) is 1.54. The van der Waals surface area contributed by atoms with Crippen LogP contribution in [0.2, 0.25) is 0 Å². The quantitative estimate of drug-likeness (QED) is 0.149. The number of aromatic nitrogens is 3. The lowest BCUT2D eigenvalue weighted by Gasteiger charge is -2.16. The van der Waals surface area contributed by atoms with Crippen molar-refractivity contribution in [2.75, 3.05) is 0 Å². The zero-order chi connectivity index (χ0) is 79.5. The maximum absolute atomic E-state index is 15.3. The first-order valence-electron chi connectivity index (χ1n) is 40.7. The highest BCUT2D eigenvalue weighted by atomic mass is 31.2. The van der Waals surface area contributed by atoms with Crippen LogP contribution in [0, 0.1) is 0 Å². The number of hydrogen-bond donors (Lipinski definition) is 0. The van der Waals surface area contributed by atoms with Gasteiger partial charge in [-0.05, 0) is 129 Å². The molecular formula is C110H70N3O4P3. The minimum atomic E-state index is -3.06. The SMILES string of the molecule is O=P1(c2ccccc2)c2ccccc2-c2c1ccc1c3c4ccccc4ccc3n(-c3ccccc3)c21.O=P1(c2ccccc2)c2ccccc2-c2c1ccc1c3ccc4ccccc4c3n(-c3ccccc3)c21.O=P1(c2ccccc2)c2ccccc2-c2c1ccc1c3ccccc3n(-c3ccc(-c4ccc5c(c4)oc4ccccc45)cc3)c21. The van der Waals surface area contributed by atoms with Gasteiger partial charge in [-0.15, -0.1) is 0 Å². The summed E-state index contributed by atoms with van der Waals surface area (Å²) < 4.78 is 58.9. The summed E-state index contributed by atoms with van der Waals surface area (Å²) in [6, 6.07) is 147. The molecule has 0 saturated carbocycles. The van der Waals surface area contributed by atoms with Crippen LogP contribution >= 0.6 is 21.4 Å². The van der Waals surface area contributed by atoms with Crippen LogP contribution in [0.25, 0.3) is 170 Å². The van der Waals surface area contributed by atoms with E-state index in [-0.39, 0.29) is 0 Å². The van der Waals surface area contributed by atoms with Gasteiger partial charge in [-0.3, -0.25) is 0 Å². The Morgan fingerprint density at radius 3 is 1.12 bits per heavy atom. The molecule has 0 spiro atoms. The Balaban J connectivity index is 0.000000103. The molecule has 0 bridgehead atoms. The number of hydrogen-bond acceptors (Lipinski definition) is 4. The minimum absolute atomic E-state index is 0.869. The third-order valence-corrected chi connectivity index (χ3v) is 34.6. The second-order valence-corrected chi connectivity index (χ2v) is 39.5. The Hall–Kier alpha value is -14.4. The summed E-state index contributed by atoms with van der Waals surface area (Å²) in [7, 11) is -9.11. The Morgan fingerprint density at radius 2 is 0.567 bits per heavy atom. The molecular weight excluding hydrogens is 1520 g/mol. The van der Waals surface area contributed by atoms with Crippen molar-refractivity contribution in [3.63, 3.8) is 0 Å². The molecule has 7 nitrogen and oxygen atoms in total. The average molecular weight is 1590 g/mol. The van der Waals surface area contributed by atoms with Crippen molar-refractivity contribution in [3.05, 3.63) is 425 Å². The van der Waals surface area contributed by atoms with E-state index < -0.39 is 21.4 Å². The molecule has 0 fully saturated rings. The van der Waals surface area contributed by atoms with Crippen LogP contribution in [0.15, 0.2) is 429 Å². The smallest absolute Gasteiger partial charge is 0.172 e.